The summed E-state index contributed by atoms with van der Waals surface area (Å²) in [6.07, 6.45) is -5.58. The minimum Gasteiger partial charge on any atom is -0.392 e. The molecule has 3 aromatic carbocycles. The van der Waals surface area contributed by atoms with Gasteiger partial charge < -0.3 is 10.4 Å². The number of benzene rings is 3. The highest BCUT2D eigenvalue weighted by atomic mass is 32.2. The topological polar surface area (TPSA) is 86.7 Å². The summed E-state index contributed by atoms with van der Waals surface area (Å²) in [6, 6.07) is 14.6. The molecule has 11 heteroatoms. The van der Waals surface area contributed by atoms with Crippen LogP contribution in [0.4, 0.5) is 17.6 Å². The van der Waals surface area contributed by atoms with E-state index in [2.05, 4.69) is 5.32 Å². The average molecular weight is 523 g/mol. The molecular weight excluding hydrogens is 500 g/mol. The van der Waals surface area contributed by atoms with E-state index >= 15 is 0 Å². The first kappa shape index (κ1) is 25.8. The van der Waals surface area contributed by atoms with E-state index in [0.717, 1.165) is 40.7 Å². The van der Waals surface area contributed by atoms with Gasteiger partial charge in [-0.05, 0) is 59.2 Å². The first-order valence-corrected chi connectivity index (χ1v) is 12.4. The summed E-state index contributed by atoms with van der Waals surface area (Å²) in [4.78, 5) is 12.7. The number of carbonyl (C=O) groups is 1. The summed E-state index contributed by atoms with van der Waals surface area (Å²) in [5.74, 6) is -1.22. The molecule has 36 heavy (non-hydrogen) atoms. The number of hydrogen-bond donors (Lipinski definition) is 2. The van der Waals surface area contributed by atoms with E-state index in [1.165, 1.54) is 12.1 Å². The smallest absolute Gasteiger partial charge is 0.392 e. The molecule has 1 heterocycles. The van der Waals surface area contributed by atoms with Crippen molar-refractivity contribution in [2.45, 2.75) is 36.2 Å². The zero-order valence-electron chi connectivity index (χ0n) is 18.7. The van der Waals surface area contributed by atoms with Gasteiger partial charge in [-0.25, -0.2) is 12.8 Å². The van der Waals surface area contributed by atoms with Gasteiger partial charge in [-0.2, -0.15) is 17.5 Å². The Labute approximate surface area is 205 Å². The number of nitrogens with zero attached hydrogens (tertiary/aromatic N) is 1. The van der Waals surface area contributed by atoms with Crippen LogP contribution in [0, 0.1) is 5.82 Å². The molecule has 1 saturated heterocycles. The Morgan fingerprint density at radius 2 is 1.67 bits per heavy atom. The number of aliphatic hydroxyl groups is 1. The van der Waals surface area contributed by atoms with Crippen molar-refractivity contribution >= 4 is 15.9 Å². The molecule has 0 spiro atoms. The number of amides is 1. The molecule has 190 valence electrons. The summed E-state index contributed by atoms with van der Waals surface area (Å²) >= 11 is 0. The van der Waals surface area contributed by atoms with E-state index in [1.807, 2.05) is 0 Å². The Morgan fingerprint density at radius 1 is 1.00 bits per heavy atom. The molecule has 6 nitrogen and oxygen atoms in total. The molecular formula is C25H22F4N2O4S. The lowest BCUT2D eigenvalue weighted by Crippen LogP contribution is -2.45. The number of nitrogens with one attached hydrogen (secondary N) is 1. The molecule has 0 saturated carbocycles. The molecule has 1 amide bonds. The van der Waals surface area contributed by atoms with Crippen molar-refractivity contribution in [3.8, 4) is 11.1 Å². The predicted octanol–water partition coefficient (Wildman–Crippen LogP) is 3.95. The fourth-order valence-electron chi connectivity index (χ4n) is 4.05. The first-order chi connectivity index (χ1) is 16.9. The van der Waals surface area contributed by atoms with Crippen molar-refractivity contribution in [1.29, 1.82) is 0 Å². The van der Waals surface area contributed by atoms with Gasteiger partial charge >= 0.3 is 6.18 Å². The van der Waals surface area contributed by atoms with Crippen LogP contribution in [0.1, 0.15) is 17.5 Å². The molecule has 0 aliphatic carbocycles. The molecule has 0 bridgehead atoms. The van der Waals surface area contributed by atoms with Gasteiger partial charge in [-0.1, -0.05) is 30.3 Å². The summed E-state index contributed by atoms with van der Waals surface area (Å²) in [7, 11) is -4.16. The summed E-state index contributed by atoms with van der Waals surface area (Å²) < 4.78 is 78.6. The van der Waals surface area contributed by atoms with E-state index in [0.29, 0.717) is 16.7 Å². The summed E-state index contributed by atoms with van der Waals surface area (Å²) in [6.45, 7) is -0.245. The quantitative estimate of drug-likeness (QED) is 0.480. The summed E-state index contributed by atoms with van der Waals surface area (Å²) in [5.41, 5.74) is 1.10. The highest BCUT2D eigenvalue weighted by Gasteiger charge is 2.43. The number of halogens is 4. The molecule has 1 aliphatic heterocycles. The third-order valence-electron chi connectivity index (χ3n) is 5.90. The number of aliphatic hydroxyl groups excluding tert-OH is 1. The van der Waals surface area contributed by atoms with Gasteiger partial charge in [0.25, 0.3) is 0 Å². The molecule has 0 unspecified atom stereocenters. The normalized spacial score (nSPS) is 18.8. The van der Waals surface area contributed by atoms with Crippen LogP contribution >= 0.6 is 0 Å². The Morgan fingerprint density at radius 3 is 2.31 bits per heavy atom. The van der Waals surface area contributed by atoms with E-state index in [9.17, 15) is 35.9 Å². The summed E-state index contributed by atoms with van der Waals surface area (Å²) in [5, 5.41) is 12.7. The minimum atomic E-state index is -4.43. The van der Waals surface area contributed by atoms with E-state index in [1.54, 1.807) is 24.3 Å². The van der Waals surface area contributed by atoms with Crippen molar-refractivity contribution in [1.82, 2.24) is 9.62 Å². The molecule has 0 radical (unpaired) electrons. The SMILES string of the molecule is O=C(NCc1cccc(-c2ccc(C(F)(F)F)cc2)c1)[C@@H]1C[C@@H](O)CN1S(=O)(=O)c1ccc(F)cc1. The second kappa shape index (κ2) is 10.00. The lowest BCUT2D eigenvalue weighted by molar-refractivity contribution is -0.137. The Hall–Kier alpha value is -3.28. The molecule has 3 aromatic rings. The van der Waals surface area contributed by atoms with Crippen LogP contribution in [0.5, 0.6) is 0 Å². The van der Waals surface area contributed by atoms with Gasteiger partial charge in [0.15, 0.2) is 0 Å². The second-order valence-electron chi connectivity index (χ2n) is 8.43. The zero-order chi connectivity index (χ0) is 26.1. The zero-order valence-corrected chi connectivity index (χ0v) is 19.6. The van der Waals surface area contributed by atoms with Crippen molar-refractivity contribution in [2.75, 3.05) is 6.54 Å². The fraction of sp³-hybridized carbons (Fsp3) is 0.240. The maximum Gasteiger partial charge on any atom is 0.416 e. The average Bonchev–Trinajstić information content (AvgIpc) is 3.25. The number of carbonyl (C=O) groups excluding carboxylic acids is 1. The van der Waals surface area contributed by atoms with Crippen LogP contribution in [-0.4, -0.2) is 42.4 Å². The lowest BCUT2D eigenvalue weighted by atomic mass is 10.0. The predicted molar refractivity (Wildman–Crippen MR) is 123 cm³/mol. The number of sulfonamides is 1. The Bertz CT molecular complexity index is 1340. The number of alkyl halides is 3. The molecule has 1 aliphatic rings. The number of rotatable bonds is 6. The molecule has 1 fully saturated rings. The van der Waals surface area contributed by atoms with E-state index < -0.39 is 45.6 Å². The number of β-amino-alcohol motifs (C(OH)–C–C–N with tert-alkyl or cyclic N) is 1. The highest BCUT2D eigenvalue weighted by Crippen LogP contribution is 2.31. The minimum absolute atomic E-state index is 0.0321. The third-order valence-corrected chi connectivity index (χ3v) is 7.78. The second-order valence-corrected chi connectivity index (χ2v) is 10.3. The van der Waals surface area contributed by atoms with Gasteiger partial charge in [-0.15, -0.1) is 0 Å². The van der Waals surface area contributed by atoms with Crippen molar-refractivity contribution in [3.63, 3.8) is 0 Å². The monoisotopic (exact) mass is 522 g/mol. The van der Waals surface area contributed by atoms with E-state index in [4.69, 9.17) is 0 Å². The van der Waals surface area contributed by atoms with Crippen molar-refractivity contribution in [3.05, 3.63) is 89.7 Å². The molecule has 2 atom stereocenters. The van der Waals surface area contributed by atoms with Crippen LogP contribution in [0.2, 0.25) is 0 Å². The lowest BCUT2D eigenvalue weighted by Gasteiger charge is -2.23. The Balaban J connectivity index is 1.46. The molecule has 2 N–H and O–H groups in total. The van der Waals surface area contributed by atoms with Gasteiger partial charge in [0.1, 0.15) is 11.9 Å². The van der Waals surface area contributed by atoms with Crippen LogP contribution < -0.4 is 5.32 Å². The maximum absolute atomic E-state index is 13.2. The van der Waals surface area contributed by atoms with Gasteiger partial charge in [0, 0.05) is 19.5 Å². The third kappa shape index (κ3) is 5.58. The van der Waals surface area contributed by atoms with Crippen molar-refractivity contribution < 1.29 is 35.9 Å². The van der Waals surface area contributed by atoms with E-state index in [-0.39, 0.29) is 24.4 Å². The van der Waals surface area contributed by atoms with Crippen LogP contribution in [0.15, 0.2) is 77.7 Å². The standard InChI is InChI=1S/C25H22F4N2O4S/c26-20-8-10-22(11-9-20)36(34,35)31-15-21(32)13-23(31)24(33)30-14-16-2-1-3-18(12-16)17-4-6-19(7-5-17)25(27,28)29/h1-12,21,23,32H,13-15H2,(H,30,33)/t21-,23+/m1/s1. The van der Waals surface area contributed by atoms with Crippen LogP contribution in [0.25, 0.3) is 11.1 Å². The highest BCUT2D eigenvalue weighted by molar-refractivity contribution is 7.89. The fourth-order valence-corrected chi connectivity index (χ4v) is 5.69. The first-order valence-electron chi connectivity index (χ1n) is 10.9. The largest absolute Gasteiger partial charge is 0.416 e. The Kier molecular flexibility index (Phi) is 7.17. The van der Waals surface area contributed by atoms with Crippen molar-refractivity contribution in [2.24, 2.45) is 0 Å². The van der Waals surface area contributed by atoms with Crippen LogP contribution in [-0.2, 0) is 27.5 Å². The number of hydrogen-bond acceptors (Lipinski definition) is 4. The molecule has 4 rings (SSSR count). The maximum atomic E-state index is 13.2. The molecule has 0 aromatic heterocycles. The van der Waals surface area contributed by atoms with Gasteiger partial charge in [-0.3, -0.25) is 4.79 Å². The van der Waals surface area contributed by atoms with Gasteiger partial charge in [0.2, 0.25) is 15.9 Å². The van der Waals surface area contributed by atoms with Crippen LogP contribution in [0.3, 0.4) is 0 Å². The van der Waals surface area contributed by atoms with Gasteiger partial charge in [0.05, 0.1) is 16.6 Å².